The van der Waals surface area contributed by atoms with Crippen LogP contribution in [-0.2, 0) is 10.0 Å². The summed E-state index contributed by atoms with van der Waals surface area (Å²) < 4.78 is 53.4. The second-order valence-electron chi connectivity index (χ2n) is 4.26. The molecule has 0 spiro atoms. The maximum Gasteiger partial charge on any atom is 0.264 e. The van der Waals surface area contributed by atoms with Gasteiger partial charge in [-0.1, -0.05) is 11.6 Å². The number of hydrogen-bond acceptors (Lipinski definition) is 2. The first-order valence-corrected chi connectivity index (χ1v) is 8.29. The quantitative estimate of drug-likeness (QED) is 0.831. The van der Waals surface area contributed by atoms with Crippen LogP contribution in [0.3, 0.4) is 0 Å². The van der Waals surface area contributed by atoms with E-state index < -0.39 is 26.6 Å². The minimum atomic E-state index is -4.19. The monoisotopic (exact) mass is 395 g/mol. The summed E-state index contributed by atoms with van der Waals surface area (Å²) >= 11 is 9.13. The van der Waals surface area contributed by atoms with Crippen molar-refractivity contribution in [3.05, 3.63) is 57.0 Å². The average molecular weight is 397 g/mol. The minimum absolute atomic E-state index is 0.161. The lowest BCUT2D eigenvalue weighted by Gasteiger charge is -2.12. The summed E-state index contributed by atoms with van der Waals surface area (Å²) in [5.41, 5.74) is 0.911. The van der Waals surface area contributed by atoms with Crippen molar-refractivity contribution in [1.82, 2.24) is 0 Å². The zero-order chi connectivity index (χ0) is 15.8. The largest absolute Gasteiger partial charge is 0.278 e. The average Bonchev–Trinajstić information content (AvgIpc) is 2.35. The summed E-state index contributed by atoms with van der Waals surface area (Å²) in [4.78, 5) is -0.646. The predicted molar refractivity (Wildman–Crippen MR) is 81.1 cm³/mol. The van der Waals surface area contributed by atoms with Crippen molar-refractivity contribution in [3.8, 4) is 0 Å². The first-order chi connectivity index (χ1) is 9.70. The van der Waals surface area contributed by atoms with Gasteiger partial charge in [0.25, 0.3) is 10.0 Å². The second kappa shape index (κ2) is 5.90. The van der Waals surface area contributed by atoms with Crippen molar-refractivity contribution in [3.63, 3.8) is 0 Å². The molecule has 2 aromatic carbocycles. The molecule has 0 radical (unpaired) electrons. The topological polar surface area (TPSA) is 46.2 Å². The molecule has 0 aliphatic carbocycles. The molecule has 0 saturated heterocycles. The maximum atomic E-state index is 13.6. The lowest BCUT2D eigenvalue weighted by Crippen LogP contribution is -2.15. The summed E-state index contributed by atoms with van der Waals surface area (Å²) in [7, 11) is -4.19. The Bertz CT molecular complexity index is 812. The molecule has 2 aromatic rings. The van der Waals surface area contributed by atoms with E-state index >= 15 is 0 Å². The number of rotatable bonds is 3. The van der Waals surface area contributed by atoms with Crippen LogP contribution in [0.15, 0.2) is 39.7 Å². The Hall–Kier alpha value is -1.18. The fourth-order valence-electron chi connectivity index (χ4n) is 1.62. The van der Waals surface area contributed by atoms with E-state index in [2.05, 4.69) is 20.7 Å². The molecule has 8 heteroatoms. The Balaban J connectivity index is 2.45. The third-order valence-corrected chi connectivity index (χ3v) is 5.14. The van der Waals surface area contributed by atoms with Crippen LogP contribution in [0.25, 0.3) is 0 Å². The molecular weight excluding hydrogens is 388 g/mol. The van der Waals surface area contributed by atoms with E-state index in [1.165, 1.54) is 6.07 Å². The number of anilines is 1. The van der Waals surface area contributed by atoms with Gasteiger partial charge in [0.1, 0.15) is 16.5 Å². The van der Waals surface area contributed by atoms with Gasteiger partial charge in [0.15, 0.2) is 0 Å². The molecule has 1 N–H and O–H groups in total. The number of aryl methyl sites for hydroxylation is 1. The van der Waals surface area contributed by atoms with Crippen molar-refractivity contribution >= 4 is 43.2 Å². The fourth-order valence-corrected chi connectivity index (χ4v) is 3.60. The Kier molecular flexibility index (Phi) is 4.55. The number of benzene rings is 2. The number of halogens is 4. The van der Waals surface area contributed by atoms with Crippen LogP contribution in [0.1, 0.15) is 5.56 Å². The van der Waals surface area contributed by atoms with E-state index in [1.807, 2.05) is 0 Å². The Labute approximate surface area is 134 Å². The molecule has 0 amide bonds. The summed E-state index contributed by atoms with van der Waals surface area (Å²) in [6.07, 6.45) is 0. The molecule has 0 atom stereocenters. The standard InChI is InChI=1S/C13H9BrClF2NO2S/c1-7-4-9(14)12(6-10(7)15)18-21(19,20)13-3-2-8(16)5-11(13)17/h2-6,18H,1H3. The van der Waals surface area contributed by atoms with Gasteiger partial charge in [0.05, 0.1) is 5.69 Å². The first kappa shape index (κ1) is 16.2. The van der Waals surface area contributed by atoms with Gasteiger partial charge in [-0.3, -0.25) is 4.72 Å². The molecule has 0 bridgehead atoms. The van der Waals surface area contributed by atoms with Gasteiger partial charge in [-0.05, 0) is 52.7 Å². The van der Waals surface area contributed by atoms with Gasteiger partial charge in [-0.2, -0.15) is 0 Å². The highest BCUT2D eigenvalue weighted by Crippen LogP contribution is 2.31. The molecule has 0 aliphatic heterocycles. The molecule has 112 valence electrons. The lowest BCUT2D eigenvalue weighted by atomic mass is 10.2. The smallest absolute Gasteiger partial charge is 0.264 e. The molecule has 0 unspecified atom stereocenters. The Morgan fingerprint density at radius 2 is 1.86 bits per heavy atom. The predicted octanol–water partition coefficient (Wildman–Crippen LogP) is 4.49. The summed E-state index contributed by atoms with van der Waals surface area (Å²) in [6, 6.07) is 5.26. The number of sulfonamides is 1. The van der Waals surface area contributed by atoms with Crippen molar-refractivity contribution in [1.29, 1.82) is 0 Å². The third kappa shape index (κ3) is 3.53. The molecule has 0 saturated carbocycles. The maximum absolute atomic E-state index is 13.6. The van der Waals surface area contributed by atoms with E-state index in [0.717, 1.165) is 17.7 Å². The zero-order valence-electron chi connectivity index (χ0n) is 10.6. The highest BCUT2D eigenvalue weighted by molar-refractivity contribution is 9.10. The fraction of sp³-hybridized carbons (Fsp3) is 0.0769. The second-order valence-corrected chi connectivity index (χ2v) is 7.17. The van der Waals surface area contributed by atoms with E-state index in [1.54, 1.807) is 13.0 Å². The molecule has 3 nitrogen and oxygen atoms in total. The van der Waals surface area contributed by atoms with Crippen molar-refractivity contribution in [2.75, 3.05) is 4.72 Å². The minimum Gasteiger partial charge on any atom is -0.278 e. The van der Waals surface area contributed by atoms with Crippen LogP contribution >= 0.6 is 27.5 Å². The van der Waals surface area contributed by atoms with Crippen LogP contribution in [-0.4, -0.2) is 8.42 Å². The van der Waals surface area contributed by atoms with Crippen LogP contribution in [0.5, 0.6) is 0 Å². The summed E-state index contributed by atoms with van der Waals surface area (Å²) in [5.74, 6) is -2.03. The van der Waals surface area contributed by atoms with E-state index in [9.17, 15) is 17.2 Å². The van der Waals surface area contributed by atoms with Gasteiger partial charge in [0, 0.05) is 15.6 Å². The van der Waals surface area contributed by atoms with Crippen LogP contribution in [0.4, 0.5) is 14.5 Å². The van der Waals surface area contributed by atoms with Gasteiger partial charge < -0.3 is 0 Å². The van der Waals surface area contributed by atoms with Crippen LogP contribution < -0.4 is 4.72 Å². The van der Waals surface area contributed by atoms with Crippen LogP contribution in [0.2, 0.25) is 5.02 Å². The highest BCUT2D eigenvalue weighted by atomic mass is 79.9. The molecule has 2 rings (SSSR count). The van der Waals surface area contributed by atoms with E-state index in [-0.39, 0.29) is 5.69 Å². The molecule has 0 heterocycles. The number of hydrogen-bond donors (Lipinski definition) is 1. The first-order valence-electron chi connectivity index (χ1n) is 5.64. The SMILES string of the molecule is Cc1cc(Br)c(NS(=O)(=O)c2ccc(F)cc2F)cc1Cl. The highest BCUT2D eigenvalue weighted by Gasteiger charge is 2.21. The number of nitrogens with one attached hydrogen (secondary N) is 1. The van der Waals surface area contributed by atoms with Crippen molar-refractivity contribution in [2.45, 2.75) is 11.8 Å². The van der Waals surface area contributed by atoms with Crippen LogP contribution in [0, 0.1) is 18.6 Å². The van der Waals surface area contributed by atoms with Gasteiger partial charge in [0.2, 0.25) is 0 Å². The van der Waals surface area contributed by atoms with Crippen molar-refractivity contribution < 1.29 is 17.2 Å². The summed E-state index contributed by atoms with van der Waals surface area (Å²) in [5, 5.41) is 0.357. The van der Waals surface area contributed by atoms with Gasteiger partial charge in [-0.15, -0.1) is 0 Å². The molecular formula is C13H9BrClF2NO2S. The van der Waals surface area contributed by atoms with E-state index in [0.29, 0.717) is 15.6 Å². The Morgan fingerprint density at radius 1 is 1.19 bits per heavy atom. The zero-order valence-corrected chi connectivity index (χ0v) is 13.8. The Morgan fingerprint density at radius 3 is 2.48 bits per heavy atom. The third-order valence-electron chi connectivity index (χ3n) is 2.68. The van der Waals surface area contributed by atoms with E-state index in [4.69, 9.17) is 11.6 Å². The lowest BCUT2D eigenvalue weighted by molar-refractivity contribution is 0.551. The molecule has 21 heavy (non-hydrogen) atoms. The molecule has 0 aromatic heterocycles. The van der Waals surface area contributed by atoms with Crippen molar-refractivity contribution in [2.24, 2.45) is 0 Å². The van der Waals surface area contributed by atoms with Gasteiger partial charge >= 0.3 is 0 Å². The molecule has 0 fully saturated rings. The summed E-state index contributed by atoms with van der Waals surface area (Å²) in [6.45, 7) is 1.75. The van der Waals surface area contributed by atoms with Gasteiger partial charge in [-0.25, -0.2) is 17.2 Å². The normalized spacial score (nSPS) is 11.5. The molecule has 0 aliphatic rings.